The Hall–Kier alpha value is -1.06. The van der Waals surface area contributed by atoms with E-state index in [0.717, 1.165) is 31.9 Å². The van der Waals surface area contributed by atoms with Crippen molar-refractivity contribution in [2.45, 2.75) is 19.4 Å². The van der Waals surface area contributed by atoms with Crippen LogP contribution in [0.2, 0.25) is 0 Å². The lowest BCUT2D eigenvalue weighted by Gasteiger charge is -2.12. The van der Waals surface area contributed by atoms with E-state index in [1.165, 1.54) is 5.56 Å². The molecule has 0 amide bonds. The van der Waals surface area contributed by atoms with Crippen LogP contribution in [0.3, 0.4) is 0 Å². The van der Waals surface area contributed by atoms with Crippen molar-refractivity contribution in [1.29, 1.82) is 0 Å². The van der Waals surface area contributed by atoms with Crippen molar-refractivity contribution in [3.05, 3.63) is 29.8 Å². The monoisotopic (exact) mass is 221 g/mol. The van der Waals surface area contributed by atoms with Crippen molar-refractivity contribution >= 4 is 0 Å². The summed E-state index contributed by atoms with van der Waals surface area (Å²) in [6, 6.07) is 8.61. The molecule has 16 heavy (non-hydrogen) atoms. The van der Waals surface area contributed by atoms with Gasteiger partial charge in [-0.05, 0) is 25.0 Å². The average Bonchev–Trinajstić information content (AvgIpc) is 2.79. The zero-order chi connectivity index (χ0) is 11.2. The van der Waals surface area contributed by atoms with Gasteiger partial charge in [0.2, 0.25) is 0 Å². The molecule has 1 atom stereocenters. The molecule has 0 saturated carbocycles. The maximum atomic E-state index is 5.69. The molecular weight excluding hydrogens is 202 g/mol. The van der Waals surface area contributed by atoms with E-state index in [1.807, 2.05) is 18.2 Å². The van der Waals surface area contributed by atoms with Crippen LogP contribution in [0.25, 0.3) is 0 Å². The van der Waals surface area contributed by atoms with Gasteiger partial charge in [0.05, 0.1) is 6.61 Å². The van der Waals surface area contributed by atoms with Crippen LogP contribution in [-0.4, -0.2) is 32.4 Å². The summed E-state index contributed by atoms with van der Waals surface area (Å²) >= 11 is 0. The molecule has 88 valence electrons. The lowest BCUT2D eigenvalue weighted by molar-refractivity contribution is 0.188. The van der Waals surface area contributed by atoms with E-state index >= 15 is 0 Å². The van der Waals surface area contributed by atoms with Crippen molar-refractivity contribution in [1.82, 2.24) is 5.32 Å². The van der Waals surface area contributed by atoms with Gasteiger partial charge in [-0.2, -0.15) is 0 Å². The summed E-state index contributed by atoms with van der Waals surface area (Å²) in [5.41, 5.74) is 1.19. The van der Waals surface area contributed by atoms with Crippen molar-refractivity contribution in [3.8, 4) is 5.75 Å². The molecule has 2 rings (SSSR count). The third-order valence-electron chi connectivity index (χ3n) is 2.82. The number of nitrogens with one attached hydrogen (secondary N) is 1. The molecule has 1 saturated heterocycles. The molecule has 1 aliphatic heterocycles. The molecule has 1 N–H and O–H groups in total. The average molecular weight is 221 g/mol. The van der Waals surface area contributed by atoms with Gasteiger partial charge in [-0.3, -0.25) is 0 Å². The molecule has 1 heterocycles. The first kappa shape index (κ1) is 11.4. The highest BCUT2D eigenvalue weighted by Crippen LogP contribution is 2.15. The first-order valence-corrected chi connectivity index (χ1v) is 5.86. The molecule has 0 spiro atoms. The summed E-state index contributed by atoms with van der Waals surface area (Å²) in [5.74, 6) is 0.979. The number of hydrogen-bond acceptors (Lipinski definition) is 3. The third kappa shape index (κ3) is 3.22. The first-order valence-electron chi connectivity index (χ1n) is 5.86. The molecule has 3 heteroatoms. The first-order chi connectivity index (χ1) is 7.86. The Morgan fingerprint density at radius 2 is 2.31 bits per heavy atom. The van der Waals surface area contributed by atoms with Gasteiger partial charge >= 0.3 is 0 Å². The molecular formula is C13H19NO2. The van der Waals surface area contributed by atoms with Crippen molar-refractivity contribution in [2.75, 3.05) is 26.4 Å². The summed E-state index contributed by atoms with van der Waals surface area (Å²) < 4.78 is 11.0. The minimum atomic E-state index is 0.514. The largest absolute Gasteiger partial charge is 0.492 e. The molecule has 1 fully saturated rings. The highest BCUT2D eigenvalue weighted by molar-refractivity contribution is 5.31. The van der Waals surface area contributed by atoms with Gasteiger partial charge in [0.15, 0.2) is 0 Å². The maximum Gasteiger partial charge on any atom is 0.122 e. The van der Waals surface area contributed by atoms with Crippen LogP contribution in [-0.2, 0) is 4.74 Å². The fourth-order valence-corrected chi connectivity index (χ4v) is 1.84. The predicted octanol–water partition coefficient (Wildman–Crippen LogP) is 1.75. The number of benzene rings is 1. The highest BCUT2D eigenvalue weighted by Gasteiger charge is 2.13. The summed E-state index contributed by atoms with van der Waals surface area (Å²) in [7, 11) is 0. The van der Waals surface area contributed by atoms with E-state index in [-0.39, 0.29) is 0 Å². The Labute approximate surface area is 96.8 Å². The number of para-hydroxylation sites is 1. The lowest BCUT2D eigenvalue weighted by atomic mass is 10.2. The highest BCUT2D eigenvalue weighted by atomic mass is 16.5. The molecule has 0 bridgehead atoms. The van der Waals surface area contributed by atoms with Gasteiger partial charge in [0.1, 0.15) is 12.4 Å². The Bertz CT molecular complexity index is 321. The standard InChI is InChI=1S/C13H19NO2/c1-11-4-2-3-5-13(11)16-9-7-14-12-6-8-15-10-12/h2-5,12,14H,6-10H2,1H3. The van der Waals surface area contributed by atoms with Crippen molar-refractivity contribution in [2.24, 2.45) is 0 Å². The molecule has 0 aromatic heterocycles. The van der Waals surface area contributed by atoms with E-state index in [1.54, 1.807) is 0 Å². The second kappa shape index (κ2) is 5.87. The number of hydrogen-bond donors (Lipinski definition) is 1. The summed E-state index contributed by atoms with van der Waals surface area (Å²) in [4.78, 5) is 0. The lowest BCUT2D eigenvalue weighted by Crippen LogP contribution is -2.32. The normalized spacial score (nSPS) is 19.9. The molecule has 1 unspecified atom stereocenters. The summed E-state index contributed by atoms with van der Waals surface area (Å²) in [5, 5.41) is 3.42. The van der Waals surface area contributed by atoms with Crippen LogP contribution >= 0.6 is 0 Å². The fourth-order valence-electron chi connectivity index (χ4n) is 1.84. The van der Waals surface area contributed by atoms with Crippen LogP contribution < -0.4 is 10.1 Å². The summed E-state index contributed by atoms with van der Waals surface area (Å²) in [6.07, 6.45) is 1.12. The third-order valence-corrected chi connectivity index (χ3v) is 2.82. The summed E-state index contributed by atoms with van der Waals surface area (Å²) in [6.45, 7) is 5.37. The fraction of sp³-hybridized carbons (Fsp3) is 0.538. The van der Waals surface area contributed by atoms with Gasteiger partial charge in [-0.15, -0.1) is 0 Å². The van der Waals surface area contributed by atoms with Crippen LogP contribution in [0.15, 0.2) is 24.3 Å². The Morgan fingerprint density at radius 1 is 1.44 bits per heavy atom. The topological polar surface area (TPSA) is 30.5 Å². The van der Waals surface area contributed by atoms with Gasteiger partial charge in [0.25, 0.3) is 0 Å². The van der Waals surface area contributed by atoms with Crippen molar-refractivity contribution in [3.63, 3.8) is 0 Å². The Kier molecular flexibility index (Phi) is 4.19. The number of aryl methyl sites for hydroxylation is 1. The van der Waals surface area contributed by atoms with Gasteiger partial charge in [-0.1, -0.05) is 18.2 Å². The minimum Gasteiger partial charge on any atom is -0.492 e. The Balaban J connectivity index is 1.66. The second-order valence-electron chi connectivity index (χ2n) is 4.13. The van der Waals surface area contributed by atoms with Crippen LogP contribution in [0.1, 0.15) is 12.0 Å². The van der Waals surface area contributed by atoms with E-state index in [9.17, 15) is 0 Å². The molecule has 1 aliphatic rings. The Morgan fingerprint density at radius 3 is 3.06 bits per heavy atom. The smallest absolute Gasteiger partial charge is 0.122 e. The van der Waals surface area contributed by atoms with E-state index in [2.05, 4.69) is 18.3 Å². The van der Waals surface area contributed by atoms with Crippen molar-refractivity contribution < 1.29 is 9.47 Å². The zero-order valence-corrected chi connectivity index (χ0v) is 9.74. The maximum absolute atomic E-state index is 5.69. The quantitative estimate of drug-likeness (QED) is 0.768. The molecule has 3 nitrogen and oxygen atoms in total. The van der Waals surface area contributed by atoms with E-state index in [0.29, 0.717) is 12.6 Å². The number of ether oxygens (including phenoxy) is 2. The molecule has 0 radical (unpaired) electrons. The zero-order valence-electron chi connectivity index (χ0n) is 9.74. The van der Waals surface area contributed by atoms with Gasteiger partial charge < -0.3 is 14.8 Å². The number of rotatable bonds is 5. The van der Waals surface area contributed by atoms with Gasteiger partial charge in [-0.25, -0.2) is 0 Å². The van der Waals surface area contributed by atoms with Crippen LogP contribution in [0.4, 0.5) is 0 Å². The molecule has 1 aromatic rings. The minimum absolute atomic E-state index is 0.514. The van der Waals surface area contributed by atoms with Crippen LogP contribution in [0, 0.1) is 6.92 Å². The molecule has 0 aliphatic carbocycles. The van der Waals surface area contributed by atoms with E-state index < -0.39 is 0 Å². The van der Waals surface area contributed by atoms with E-state index in [4.69, 9.17) is 9.47 Å². The molecule has 1 aromatic carbocycles. The van der Waals surface area contributed by atoms with Gasteiger partial charge in [0, 0.05) is 19.2 Å². The van der Waals surface area contributed by atoms with Crippen LogP contribution in [0.5, 0.6) is 5.75 Å². The SMILES string of the molecule is Cc1ccccc1OCCNC1CCOC1. The second-order valence-corrected chi connectivity index (χ2v) is 4.13. The predicted molar refractivity (Wildman–Crippen MR) is 63.9 cm³/mol.